The van der Waals surface area contributed by atoms with Gasteiger partial charge < -0.3 is 39.8 Å². The number of aliphatic hydroxyl groups is 3. The lowest BCUT2D eigenvalue weighted by Gasteiger charge is -2.25. The molecule has 14 nitrogen and oxygen atoms in total. The zero-order valence-corrected chi connectivity index (χ0v) is 23.0. The summed E-state index contributed by atoms with van der Waals surface area (Å²) in [4.78, 5) is 35.6. The Kier molecular flexibility index (Phi) is 10.1. The number of aromatic nitrogens is 4. The zero-order valence-electron chi connectivity index (χ0n) is 19.7. The average molecular weight is 612 g/mol. The van der Waals surface area contributed by atoms with E-state index in [9.17, 15) is 29.3 Å². The summed E-state index contributed by atoms with van der Waals surface area (Å²) in [6.45, 7) is 0.999. The molecule has 4 atom stereocenters. The summed E-state index contributed by atoms with van der Waals surface area (Å²) < 4.78 is 28.5. The van der Waals surface area contributed by atoms with Crippen LogP contribution in [0.3, 0.4) is 0 Å². The van der Waals surface area contributed by atoms with Crippen LogP contribution < -0.4 is 5.32 Å². The van der Waals surface area contributed by atoms with E-state index in [1.165, 1.54) is 19.2 Å². The summed E-state index contributed by atoms with van der Waals surface area (Å²) in [5.74, 6) is -1.14. The maximum Gasteiger partial charge on any atom is 0.340 e. The Morgan fingerprint density at radius 1 is 1.13 bits per heavy atom. The van der Waals surface area contributed by atoms with Crippen molar-refractivity contribution in [3.05, 3.63) is 58.0 Å². The van der Waals surface area contributed by atoms with Gasteiger partial charge in [-0.2, -0.15) is 15.1 Å². The Labute approximate surface area is 226 Å². The molecule has 2 heterocycles. The van der Waals surface area contributed by atoms with Gasteiger partial charge in [-0.15, -0.1) is 0 Å². The van der Waals surface area contributed by atoms with E-state index in [0.29, 0.717) is 17.0 Å². The number of fused-ring (bicyclic) bond motifs is 1. The maximum atomic E-state index is 11.9. The second kappa shape index (κ2) is 12.5. The second-order valence-corrected chi connectivity index (χ2v) is 12.8. The Morgan fingerprint density at radius 3 is 2.39 bits per heavy atom. The van der Waals surface area contributed by atoms with Gasteiger partial charge in [0, 0.05) is 11.6 Å². The number of nitrogens with zero attached hydrogens (tertiary/aromatic N) is 4. The number of aliphatic hydroxyl groups excluding tert-OH is 3. The minimum Gasteiger partial charge on any atom is -0.386 e. The molecule has 0 aliphatic rings. The molecule has 0 radical (unpaired) electrons. The minimum atomic E-state index is -4.86. The molecule has 0 spiro atoms. The Hall–Kier alpha value is -1.93. The number of rotatable bonds is 12. The van der Waals surface area contributed by atoms with Crippen LogP contribution in [0.4, 0.5) is 5.82 Å². The first-order valence-corrected chi connectivity index (χ1v) is 15.1. The SMILES string of the molecule is C/C=C(/COP(=O)(O)CP(=O)(O)O)[C@@H](O)[C@@H](O)[C@@H](O)n1ncc2c(NCc3ccc(Cl)cc3)nc(Cl)nc21. The summed E-state index contributed by atoms with van der Waals surface area (Å²) in [6.07, 6.45) is -3.07. The molecule has 0 fully saturated rings. The van der Waals surface area contributed by atoms with Crippen LogP contribution >= 0.6 is 38.4 Å². The molecule has 2 aromatic heterocycles. The van der Waals surface area contributed by atoms with Crippen LogP contribution in [0.15, 0.2) is 42.1 Å². The first-order valence-electron chi connectivity index (χ1n) is 10.8. The lowest BCUT2D eigenvalue weighted by Crippen LogP contribution is -2.37. The summed E-state index contributed by atoms with van der Waals surface area (Å²) in [7, 11) is -9.58. The van der Waals surface area contributed by atoms with E-state index < -0.39 is 46.1 Å². The standard InChI is InChI=1S/C20H25Cl2N5O9P2/c1-2-12(9-36-38(34,35)10-37(31,32)33)15(28)16(29)19(30)27-18-14(8-24-27)17(25-20(22)26-18)23-7-11-3-5-13(21)6-4-11/h2-6,8,15-16,19,28-30H,7,9-10H2,1H3,(H,34,35)(H,23,25,26)(H2,31,32,33)/b12-2-/t15-,16-,19-/m1/s1. The van der Waals surface area contributed by atoms with E-state index in [1.807, 2.05) is 12.1 Å². The van der Waals surface area contributed by atoms with Crippen molar-refractivity contribution in [1.29, 1.82) is 0 Å². The molecule has 208 valence electrons. The molecule has 1 unspecified atom stereocenters. The van der Waals surface area contributed by atoms with Crippen molar-refractivity contribution in [3.63, 3.8) is 0 Å². The molecule has 3 rings (SSSR count). The number of hydrogen-bond acceptors (Lipinski definition) is 10. The normalized spacial score (nSPS) is 16.7. The Morgan fingerprint density at radius 2 is 1.79 bits per heavy atom. The molecule has 0 saturated heterocycles. The van der Waals surface area contributed by atoms with Crippen LogP contribution in [0, 0.1) is 0 Å². The van der Waals surface area contributed by atoms with Gasteiger partial charge >= 0.3 is 15.2 Å². The van der Waals surface area contributed by atoms with Crippen LogP contribution in [0.5, 0.6) is 0 Å². The number of nitrogens with one attached hydrogen (secondary N) is 1. The monoisotopic (exact) mass is 611 g/mol. The van der Waals surface area contributed by atoms with Gasteiger partial charge in [0.15, 0.2) is 17.8 Å². The van der Waals surface area contributed by atoms with E-state index in [0.717, 1.165) is 10.2 Å². The number of hydrogen-bond donors (Lipinski definition) is 7. The van der Waals surface area contributed by atoms with Crippen molar-refractivity contribution in [2.45, 2.75) is 31.9 Å². The fourth-order valence-corrected chi connectivity index (χ4v) is 6.16. The molecule has 1 aromatic carbocycles. The van der Waals surface area contributed by atoms with Crippen molar-refractivity contribution in [3.8, 4) is 0 Å². The summed E-state index contributed by atoms with van der Waals surface area (Å²) in [6, 6.07) is 7.07. The van der Waals surface area contributed by atoms with E-state index >= 15 is 0 Å². The largest absolute Gasteiger partial charge is 0.386 e. The van der Waals surface area contributed by atoms with Crippen molar-refractivity contribution in [2.75, 3.05) is 17.8 Å². The molecule has 7 N–H and O–H groups in total. The molecule has 0 saturated carbocycles. The van der Waals surface area contributed by atoms with Crippen LogP contribution in [-0.4, -0.2) is 74.5 Å². The Balaban J connectivity index is 1.77. The number of anilines is 1. The highest BCUT2D eigenvalue weighted by molar-refractivity contribution is 7.70. The smallest absolute Gasteiger partial charge is 0.340 e. The highest BCUT2D eigenvalue weighted by Gasteiger charge is 2.34. The molecular formula is C20H25Cl2N5O9P2. The van der Waals surface area contributed by atoms with Gasteiger partial charge in [0.1, 0.15) is 18.0 Å². The third-order valence-electron chi connectivity index (χ3n) is 5.23. The van der Waals surface area contributed by atoms with Gasteiger partial charge in [-0.1, -0.05) is 29.8 Å². The van der Waals surface area contributed by atoms with Crippen LogP contribution in [0.25, 0.3) is 11.0 Å². The van der Waals surface area contributed by atoms with Gasteiger partial charge in [-0.05, 0) is 41.8 Å². The molecule has 38 heavy (non-hydrogen) atoms. The van der Waals surface area contributed by atoms with E-state index in [-0.39, 0.29) is 22.3 Å². The predicted octanol–water partition coefficient (Wildman–Crippen LogP) is 2.24. The van der Waals surface area contributed by atoms with Crippen molar-refractivity contribution < 1.29 is 43.7 Å². The molecule has 0 aliphatic carbocycles. The zero-order chi connectivity index (χ0) is 28.3. The molecule has 3 aromatic rings. The topological polar surface area (TPSA) is 220 Å². The lowest BCUT2D eigenvalue weighted by molar-refractivity contribution is -0.0845. The van der Waals surface area contributed by atoms with Crippen molar-refractivity contribution in [1.82, 2.24) is 19.7 Å². The first-order chi connectivity index (χ1) is 17.7. The quantitative estimate of drug-likeness (QED) is 0.0888. The van der Waals surface area contributed by atoms with Gasteiger partial charge in [0.25, 0.3) is 0 Å². The fraction of sp³-hybridized carbons (Fsp3) is 0.350. The van der Waals surface area contributed by atoms with Crippen LogP contribution in [0.1, 0.15) is 18.7 Å². The third kappa shape index (κ3) is 8.04. The lowest BCUT2D eigenvalue weighted by atomic mass is 10.0. The van der Waals surface area contributed by atoms with Gasteiger partial charge in [-0.25, -0.2) is 4.68 Å². The predicted molar refractivity (Wildman–Crippen MR) is 139 cm³/mol. The summed E-state index contributed by atoms with van der Waals surface area (Å²) in [5.41, 5.74) is 0.769. The van der Waals surface area contributed by atoms with Crippen molar-refractivity contribution >= 4 is 55.2 Å². The van der Waals surface area contributed by atoms with E-state index in [2.05, 4.69) is 20.4 Å². The summed E-state index contributed by atoms with van der Waals surface area (Å²) >= 11 is 12.0. The average Bonchev–Trinajstić information content (AvgIpc) is 3.25. The molecule has 0 bridgehead atoms. The highest BCUT2D eigenvalue weighted by atomic mass is 35.5. The highest BCUT2D eigenvalue weighted by Crippen LogP contribution is 2.55. The third-order valence-corrected chi connectivity index (χ3v) is 9.08. The molecular weight excluding hydrogens is 587 g/mol. The van der Waals surface area contributed by atoms with Gasteiger partial charge in [-0.3, -0.25) is 9.13 Å². The fourth-order valence-electron chi connectivity index (χ4n) is 3.33. The Bertz CT molecular complexity index is 1400. The first kappa shape index (κ1) is 30.6. The van der Waals surface area contributed by atoms with E-state index in [4.69, 9.17) is 37.5 Å². The molecule has 0 amide bonds. The van der Waals surface area contributed by atoms with Crippen LogP contribution in [-0.2, 0) is 20.2 Å². The molecule has 18 heteroatoms. The number of halogens is 2. The van der Waals surface area contributed by atoms with E-state index in [1.54, 1.807) is 12.1 Å². The van der Waals surface area contributed by atoms with Crippen molar-refractivity contribution in [2.24, 2.45) is 0 Å². The number of allylic oxidation sites excluding steroid dienone is 1. The number of benzene rings is 1. The maximum absolute atomic E-state index is 11.9. The van der Waals surface area contributed by atoms with Crippen LogP contribution in [0.2, 0.25) is 10.3 Å². The second-order valence-electron chi connectivity index (χ2n) is 8.08. The van der Waals surface area contributed by atoms with Gasteiger partial charge in [0.05, 0.1) is 18.2 Å². The van der Waals surface area contributed by atoms with Gasteiger partial charge in [0.2, 0.25) is 5.28 Å². The molecule has 0 aliphatic heterocycles. The minimum absolute atomic E-state index is 0.0298. The summed E-state index contributed by atoms with van der Waals surface area (Å²) in [5, 5.41) is 39.8.